The number of piperidine rings is 1. The number of benzene rings is 2. The van der Waals surface area contributed by atoms with E-state index < -0.39 is 10.0 Å². The lowest BCUT2D eigenvalue weighted by atomic mass is 9.95. The van der Waals surface area contributed by atoms with Gasteiger partial charge in [-0.1, -0.05) is 30.3 Å². The Kier molecular flexibility index (Phi) is 6.71. The fraction of sp³-hybridized carbons (Fsp3) is 0.458. The molecule has 0 saturated carbocycles. The standard InChI is InChI=1S/C24H30N2O5S/c1-18(19-7-4-3-5-8-19)25(2)24(27)20-11-13-26(14-12-20)32(28,29)21-9-10-22-23(17-21)31-16-6-15-30-22/h3-5,7-10,17-18,20H,6,11-16H2,1-2H3. The minimum atomic E-state index is -3.66. The zero-order chi connectivity index (χ0) is 22.7. The fourth-order valence-corrected chi connectivity index (χ4v) is 5.72. The third kappa shape index (κ3) is 4.61. The minimum Gasteiger partial charge on any atom is -0.490 e. The summed E-state index contributed by atoms with van der Waals surface area (Å²) in [5.41, 5.74) is 1.08. The van der Waals surface area contributed by atoms with Crippen LogP contribution in [0.2, 0.25) is 0 Å². The molecule has 172 valence electrons. The van der Waals surface area contributed by atoms with E-state index in [1.54, 1.807) is 23.1 Å². The van der Waals surface area contributed by atoms with Crippen LogP contribution in [-0.4, -0.2) is 56.9 Å². The monoisotopic (exact) mass is 458 g/mol. The summed E-state index contributed by atoms with van der Waals surface area (Å²) in [7, 11) is -1.84. The quantitative estimate of drug-likeness (QED) is 0.686. The Morgan fingerprint density at radius 1 is 1.03 bits per heavy atom. The SMILES string of the molecule is CC(c1ccccc1)N(C)C(=O)C1CCN(S(=O)(=O)c2ccc3c(c2)OCCCO3)CC1. The second-order valence-corrected chi connectivity index (χ2v) is 10.3. The van der Waals surface area contributed by atoms with Crippen molar-refractivity contribution in [3.63, 3.8) is 0 Å². The highest BCUT2D eigenvalue weighted by atomic mass is 32.2. The molecule has 1 fully saturated rings. The number of carbonyl (C=O) groups excluding carboxylic acids is 1. The van der Waals surface area contributed by atoms with Gasteiger partial charge < -0.3 is 14.4 Å². The summed E-state index contributed by atoms with van der Waals surface area (Å²) in [6.07, 6.45) is 1.78. The van der Waals surface area contributed by atoms with Crippen LogP contribution in [0.25, 0.3) is 0 Å². The molecule has 0 N–H and O–H groups in total. The molecule has 2 aromatic rings. The molecule has 1 atom stereocenters. The molecule has 32 heavy (non-hydrogen) atoms. The summed E-state index contributed by atoms with van der Waals surface area (Å²) in [5.74, 6) is 0.918. The van der Waals surface area contributed by atoms with E-state index in [-0.39, 0.29) is 22.8 Å². The molecule has 0 radical (unpaired) electrons. The molecule has 1 amide bonds. The van der Waals surface area contributed by atoms with Crippen molar-refractivity contribution in [2.24, 2.45) is 5.92 Å². The average molecular weight is 459 g/mol. The molecule has 0 bridgehead atoms. The van der Waals surface area contributed by atoms with Gasteiger partial charge in [0.25, 0.3) is 0 Å². The number of fused-ring (bicyclic) bond motifs is 1. The fourth-order valence-electron chi connectivity index (χ4n) is 4.23. The Morgan fingerprint density at radius 3 is 2.38 bits per heavy atom. The molecule has 0 spiro atoms. The molecule has 8 heteroatoms. The van der Waals surface area contributed by atoms with Crippen molar-refractivity contribution in [1.82, 2.24) is 9.21 Å². The first-order valence-corrected chi connectivity index (χ1v) is 12.5. The molecule has 1 saturated heterocycles. The Morgan fingerprint density at radius 2 is 1.69 bits per heavy atom. The van der Waals surface area contributed by atoms with E-state index in [2.05, 4.69) is 0 Å². The lowest BCUT2D eigenvalue weighted by molar-refractivity contribution is -0.137. The molecule has 2 heterocycles. The lowest BCUT2D eigenvalue weighted by Crippen LogP contribution is -2.43. The Hall–Kier alpha value is -2.58. The topological polar surface area (TPSA) is 76.2 Å². The number of hydrogen-bond donors (Lipinski definition) is 0. The van der Waals surface area contributed by atoms with Gasteiger partial charge in [0, 0.05) is 38.5 Å². The first-order chi connectivity index (χ1) is 15.4. The summed E-state index contributed by atoms with van der Waals surface area (Å²) >= 11 is 0. The van der Waals surface area contributed by atoms with Crippen LogP contribution in [0.5, 0.6) is 11.5 Å². The van der Waals surface area contributed by atoms with Crippen molar-refractivity contribution in [2.75, 3.05) is 33.4 Å². The minimum absolute atomic E-state index is 0.0349. The van der Waals surface area contributed by atoms with Crippen molar-refractivity contribution >= 4 is 15.9 Å². The van der Waals surface area contributed by atoms with E-state index in [1.807, 2.05) is 44.3 Å². The van der Waals surface area contributed by atoms with Crippen molar-refractivity contribution < 1.29 is 22.7 Å². The molecule has 0 aromatic heterocycles. The lowest BCUT2D eigenvalue weighted by Gasteiger charge is -2.34. The van der Waals surface area contributed by atoms with E-state index in [0.29, 0.717) is 50.6 Å². The number of rotatable bonds is 5. The highest BCUT2D eigenvalue weighted by molar-refractivity contribution is 7.89. The normalized spacial score (nSPS) is 18.6. The van der Waals surface area contributed by atoms with Gasteiger partial charge in [-0.3, -0.25) is 4.79 Å². The zero-order valence-electron chi connectivity index (χ0n) is 18.6. The van der Waals surface area contributed by atoms with E-state index in [4.69, 9.17) is 9.47 Å². The third-order valence-electron chi connectivity index (χ3n) is 6.37. The van der Waals surface area contributed by atoms with E-state index >= 15 is 0 Å². The average Bonchev–Trinajstić information content (AvgIpc) is 3.08. The molecule has 2 aliphatic rings. The van der Waals surface area contributed by atoms with Crippen LogP contribution in [-0.2, 0) is 14.8 Å². The largest absolute Gasteiger partial charge is 0.490 e. The number of nitrogens with zero attached hydrogens (tertiary/aromatic N) is 2. The van der Waals surface area contributed by atoms with Gasteiger partial charge in [0.05, 0.1) is 24.2 Å². The molecule has 2 aromatic carbocycles. The molecular weight excluding hydrogens is 428 g/mol. The second-order valence-electron chi connectivity index (χ2n) is 8.37. The van der Waals surface area contributed by atoms with Crippen LogP contribution < -0.4 is 9.47 Å². The van der Waals surface area contributed by atoms with E-state index in [9.17, 15) is 13.2 Å². The highest BCUT2D eigenvalue weighted by Gasteiger charge is 2.34. The summed E-state index contributed by atoms with van der Waals surface area (Å²) in [6.45, 7) is 3.70. The summed E-state index contributed by atoms with van der Waals surface area (Å²) in [4.78, 5) is 15.0. The summed E-state index contributed by atoms with van der Waals surface area (Å²) in [6, 6.07) is 14.6. The second kappa shape index (κ2) is 9.50. The van der Waals surface area contributed by atoms with Crippen molar-refractivity contribution in [3.05, 3.63) is 54.1 Å². The molecule has 2 aliphatic heterocycles. The number of sulfonamides is 1. The molecule has 1 unspecified atom stereocenters. The Balaban J connectivity index is 1.40. The number of hydrogen-bond acceptors (Lipinski definition) is 5. The number of carbonyl (C=O) groups is 1. The van der Waals surface area contributed by atoms with Crippen LogP contribution in [0.4, 0.5) is 0 Å². The maximum Gasteiger partial charge on any atom is 0.243 e. The Labute approximate surface area is 190 Å². The van der Waals surface area contributed by atoms with E-state index in [0.717, 1.165) is 12.0 Å². The summed E-state index contributed by atoms with van der Waals surface area (Å²) in [5, 5.41) is 0. The first kappa shape index (κ1) is 22.6. The van der Waals surface area contributed by atoms with Crippen LogP contribution in [0.1, 0.15) is 37.8 Å². The maximum atomic E-state index is 13.2. The number of amides is 1. The van der Waals surface area contributed by atoms with Gasteiger partial charge in [-0.15, -0.1) is 0 Å². The molecule has 4 rings (SSSR count). The van der Waals surface area contributed by atoms with Crippen LogP contribution in [0.15, 0.2) is 53.4 Å². The van der Waals surface area contributed by atoms with Gasteiger partial charge in [0.1, 0.15) is 0 Å². The van der Waals surface area contributed by atoms with Gasteiger partial charge >= 0.3 is 0 Å². The van der Waals surface area contributed by atoms with Gasteiger partial charge in [-0.05, 0) is 37.5 Å². The number of ether oxygens (including phenoxy) is 2. The summed E-state index contributed by atoms with van der Waals surface area (Å²) < 4.78 is 39.1. The van der Waals surface area contributed by atoms with Crippen LogP contribution >= 0.6 is 0 Å². The third-order valence-corrected chi connectivity index (χ3v) is 8.27. The predicted octanol–water partition coefficient (Wildman–Crippen LogP) is 3.47. The van der Waals surface area contributed by atoms with Crippen LogP contribution in [0, 0.1) is 5.92 Å². The van der Waals surface area contributed by atoms with Crippen molar-refractivity contribution in [1.29, 1.82) is 0 Å². The molecule has 0 aliphatic carbocycles. The molecular formula is C24H30N2O5S. The highest BCUT2D eigenvalue weighted by Crippen LogP contribution is 2.34. The smallest absolute Gasteiger partial charge is 0.243 e. The van der Waals surface area contributed by atoms with E-state index in [1.165, 1.54) is 4.31 Å². The van der Waals surface area contributed by atoms with Gasteiger partial charge in [-0.25, -0.2) is 8.42 Å². The van der Waals surface area contributed by atoms with Gasteiger partial charge in [0.15, 0.2) is 11.5 Å². The van der Waals surface area contributed by atoms with Gasteiger partial charge in [-0.2, -0.15) is 4.31 Å². The predicted molar refractivity (Wildman–Crippen MR) is 121 cm³/mol. The van der Waals surface area contributed by atoms with Crippen LogP contribution in [0.3, 0.4) is 0 Å². The van der Waals surface area contributed by atoms with Crippen molar-refractivity contribution in [2.45, 2.75) is 37.1 Å². The first-order valence-electron chi connectivity index (χ1n) is 11.1. The van der Waals surface area contributed by atoms with Crippen molar-refractivity contribution in [3.8, 4) is 11.5 Å². The molecule has 7 nitrogen and oxygen atoms in total. The zero-order valence-corrected chi connectivity index (χ0v) is 19.4. The maximum absolute atomic E-state index is 13.2. The van der Waals surface area contributed by atoms with Gasteiger partial charge in [0.2, 0.25) is 15.9 Å². The Bertz CT molecular complexity index is 1050.